The zero-order valence-electron chi connectivity index (χ0n) is 17.1. The van der Waals surface area contributed by atoms with Crippen molar-refractivity contribution in [2.75, 3.05) is 52.7 Å². The monoisotopic (exact) mass is 416 g/mol. The van der Waals surface area contributed by atoms with E-state index in [0.717, 1.165) is 37.0 Å². The lowest BCUT2D eigenvalue weighted by atomic mass is 9.53. The van der Waals surface area contributed by atoms with Crippen LogP contribution in [0.4, 0.5) is 0 Å². The third-order valence-corrected chi connectivity index (χ3v) is 6.15. The molecule has 0 aromatic rings. The molecule has 4 rings (SSSR count). The van der Waals surface area contributed by atoms with Gasteiger partial charge in [0.1, 0.15) is 13.2 Å². The molecular formula is C20H36N2O7. The van der Waals surface area contributed by atoms with Crippen LogP contribution in [0.5, 0.6) is 0 Å². The highest BCUT2D eigenvalue weighted by molar-refractivity contribution is 5.78. The van der Waals surface area contributed by atoms with Crippen molar-refractivity contribution in [3.8, 4) is 0 Å². The first-order valence-corrected chi connectivity index (χ1v) is 10.5. The third-order valence-electron chi connectivity index (χ3n) is 6.15. The Kier molecular flexibility index (Phi) is 9.78. The summed E-state index contributed by atoms with van der Waals surface area (Å²) in [4.78, 5) is 24.0. The van der Waals surface area contributed by atoms with Gasteiger partial charge in [0, 0.05) is 25.2 Å². The van der Waals surface area contributed by atoms with Crippen molar-refractivity contribution in [3.05, 3.63) is 0 Å². The summed E-state index contributed by atoms with van der Waals surface area (Å²) in [5, 5.41) is 37.1. The number of amides is 1. The number of nitrogens with zero attached hydrogens (tertiary/aromatic N) is 1. The highest BCUT2D eigenvalue weighted by atomic mass is 16.5. The summed E-state index contributed by atoms with van der Waals surface area (Å²) in [5.74, 6) is 1.15. The van der Waals surface area contributed by atoms with E-state index in [4.69, 9.17) is 25.2 Å². The minimum Gasteiger partial charge on any atom is -0.480 e. The number of aliphatic carboxylic acids is 1. The Morgan fingerprint density at radius 3 is 1.69 bits per heavy atom. The number of ether oxygens (including phenoxy) is 1. The summed E-state index contributed by atoms with van der Waals surface area (Å²) in [7, 11) is 0. The van der Waals surface area contributed by atoms with E-state index in [0.29, 0.717) is 19.6 Å². The third kappa shape index (κ3) is 7.82. The minimum absolute atomic E-state index is 0.0155. The number of hydrogen-bond donors (Lipinski definition) is 5. The molecule has 4 bridgehead atoms. The Morgan fingerprint density at radius 2 is 1.31 bits per heavy atom. The number of carboxylic acids is 1. The molecule has 0 atom stereocenters. The van der Waals surface area contributed by atoms with Crippen LogP contribution < -0.4 is 5.32 Å². The number of carboxylic acid groups (broad SMARTS) is 1. The molecule has 29 heavy (non-hydrogen) atoms. The maximum Gasteiger partial charge on any atom is 0.329 e. The van der Waals surface area contributed by atoms with Gasteiger partial charge < -0.3 is 30.5 Å². The van der Waals surface area contributed by atoms with E-state index in [9.17, 15) is 9.59 Å². The van der Waals surface area contributed by atoms with E-state index in [1.54, 1.807) is 4.90 Å². The molecule has 0 aromatic heterocycles. The van der Waals surface area contributed by atoms with Crippen LogP contribution in [-0.2, 0) is 14.3 Å². The van der Waals surface area contributed by atoms with E-state index >= 15 is 0 Å². The lowest BCUT2D eigenvalue weighted by Gasteiger charge is -2.56. The second-order valence-corrected chi connectivity index (χ2v) is 8.65. The summed E-state index contributed by atoms with van der Waals surface area (Å²) >= 11 is 0. The molecule has 9 nitrogen and oxygen atoms in total. The van der Waals surface area contributed by atoms with Crippen LogP contribution in [0.2, 0.25) is 0 Å². The second kappa shape index (κ2) is 11.8. The van der Waals surface area contributed by atoms with Gasteiger partial charge in [-0.15, -0.1) is 0 Å². The summed E-state index contributed by atoms with van der Waals surface area (Å²) in [6, 6.07) is 0. The maximum absolute atomic E-state index is 11.9. The molecule has 5 N–H and O–H groups in total. The molecule has 168 valence electrons. The molecule has 0 heterocycles. The Labute approximate surface area is 172 Å². The SMILES string of the molecule is O=C(O)COCC(=O)NC12CC3CC(CC(C3)C1)C2.OCCN(CCO)CCO. The van der Waals surface area contributed by atoms with Gasteiger partial charge in [0.05, 0.1) is 19.8 Å². The topological polar surface area (TPSA) is 140 Å². The van der Waals surface area contributed by atoms with Gasteiger partial charge in [-0.1, -0.05) is 0 Å². The largest absolute Gasteiger partial charge is 0.480 e. The van der Waals surface area contributed by atoms with E-state index in [1.807, 2.05) is 0 Å². The molecule has 0 aliphatic heterocycles. The number of aliphatic hydroxyl groups excluding tert-OH is 3. The molecule has 4 saturated carbocycles. The fourth-order valence-electron chi connectivity index (χ4n) is 5.59. The number of hydrogen-bond acceptors (Lipinski definition) is 7. The molecule has 4 aliphatic rings. The van der Waals surface area contributed by atoms with Crippen molar-refractivity contribution >= 4 is 11.9 Å². The smallest absolute Gasteiger partial charge is 0.329 e. The zero-order valence-corrected chi connectivity index (χ0v) is 17.1. The first-order chi connectivity index (χ1) is 13.9. The zero-order chi connectivity index (χ0) is 21.3. The van der Waals surface area contributed by atoms with Gasteiger partial charge in [-0.05, 0) is 56.3 Å². The van der Waals surface area contributed by atoms with E-state index < -0.39 is 12.6 Å². The molecule has 0 unspecified atom stereocenters. The van der Waals surface area contributed by atoms with Gasteiger partial charge in [0.25, 0.3) is 0 Å². The molecule has 0 spiro atoms. The van der Waals surface area contributed by atoms with Crippen molar-refractivity contribution in [2.45, 2.75) is 44.1 Å². The molecular weight excluding hydrogens is 380 g/mol. The lowest BCUT2D eigenvalue weighted by molar-refractivity contribution is -0.144. The van der Waals surface area contributed by atoms with Gasteiger partial charge in [-0.2, -0.15) is 0 Å². The highest BCUT2D eigenvalue weighted by Crippen LogP contribution is 2.55. The first-order valence-electron chi connectivity index (χ1n) is 10.5. The van der Waals surface area contributed by atoms with Gasteiger partial charge in [0.2, 0.25) is 5.91 Å². The van der Waals surface area contributed by atoms with Crippen LogP contribution in [0, 0.1) is 17.8 Å². The molecule has 9 heteroatoms. The minimum atomic E-state index is -1.04. The molecule has 4 aliphatic carbocycles. The molecule has 1 amide bonds. The van der Waals surface area contributed by atoms with Gasteiger partial charge in [0.15, 0.2) is 0 Å². The average molecular weight is 417 g/mol. The summed E-state index contributed by atoms with van der Waals surface area (Å²) in [6.07, 6.45) is 7.32. The summed E-state index contributed by atoms with van der Waals surface area (Å²) in [5.41, 5.74) is -0.0155. The molecule has 0 saturated heterocycles. The number of rotatable bonds is 11. The van der Waals surface area contributed by atoms with Crippen molar-refractivity contribution in [2.24, 2.45) is 17.8 Å². The lowest BCUT2D eigenvalue weighted by Crippen LogP contribution is -2.60. The Bertz CT molecular complexity index is 479. The van der Waals surface area contributed by atoms with Crippen LogP contribution >= 0.6 is 0 Å². The van der Waals surface area contributed by atoms with Crippen molar-refractivity contribution in [1.29, 1.82) is 0 Å². The average Bonchev–Trinajstić information content (AvgIpc) is 2.61. The standard InChI is InChI=1S/C14H21NO4.C6H15NO3/c16-12(7-19-8-13(17)18)15-14-4-9-1-10(5-14)3-11(2-9)6-14;8-4-1-7(2-5-9)3-6-10/h9-11H,1-8H2,(H,15,16)(H,17,18);8-10H,1-6H2. The van der Waals surface area contributed by atoms with Crippen LogP contribution in [0.15, 0.2) is 0 Å². The first kappa shape index (κ1) is 24.0. The number of nitrogens with one attached hydrogen (secondary N) is 1. The van der Waals surface area contributed by atoms with Crippen LogP contribution in [0.1, 0.15) is 38.5 Å². The predicted octanol–water partition coefficient (Wildman–Crippen LogP) is -0.562. The Hall–Kier alpha value is -1.26. The molecule has 4 fully saturated rings. The van der Waals surface area contributed by atoms with Crippen LogP contribution in [0.3, 0.4) is 0 Å². The fraction of sp³-hybridized carbons (Fsp3) is 0.900. The van der Waals surface area contributed by atoms with Crippen LogP contribution in [0.25, 0.3) is 0 Å². The Balaban J connectivity index is 0.000000257. The molecule has 0 radical (unpaired) electrons. The Morgan fingerprint density at radius 1 is 0.862 bits per heavy atom. The predicted molar refractivity (Wildman–Crippen MR) is 105 cm³/mol. The fourth-order valence-corrected chi connectivity index (χ4v) is 5.59. The number of aliphatic hydroxyl groups is 3. The summed E-state index contributed by atoms with van der Waals surface area (Å²) in [6.45, 7) is 1.20. The second-order valence-electron chi connectivity index (χ2n) is 8.65. The van der Waals surface area contributed by atoms with Gasteiger partial charge in [-0.3, -0.25) is 9.69 Å². The van der Waals surface area contributed by atoms with Crippen LogP contribution in [-0.4, -0.2) is 95.4 Å². The van der Waals surface area contributed by atoms with Crippen molar-refractivity contribution in [1.82, 2.24) is 10.2 Å². The number of carbonyl (C=O) groups is 2. The van der Waals surface area contributed by atoms with Crippen molar-refractivity contribution in [3.63, 3.8) is 0 Å². The van der Waals surface area contributed by atoms with Crippen molar-refractivity contribution < 1.29 is 34.8 Å². The number of carbonyl (C=O) groups excluding carboxylic acids is 1. The van der Waals surface area contributed by atoms with Gasteiger partial charge in [-0.25, -0.2) is 4.79 Å². The summed E-state index contributed by atoms with van der Waals surface area (Å²) < 4.78 is 4.86. The highest BCUT2D eigenvalue weighted by Gasteiger charge is 2.51. The van der Waals surface area contributed by atoms with Gasteiger partial charge >= 0.3 is 5.97 Å². The van der Waals surface area contributed by atoms with E-state index in [1.165, 1.54) is 19.3 Å². The quantitative estimate of drug-likeness (QED) is 0.302. The van der Waals surface area contributed by atoms with E-state index in [-0.39, 0.29) is 37.9 Å². The maximum atomic E-state index is 11.9. The van der Waals surface area contributed by atoms with E-state index in [2.05, 4.69) is 5.32 Å². The normalized spacial score (nSPS) is 29.4. The molecule has 0 aromatic carbocycles.